The van der Waals surface area contributed by atoms with Crippen LogP contribution < -0.4 is 11.1 Å². The molecule has 0 spiro atoms. The summed E-state index contributed by atoms with van der Waals surface area (Å²) < 4.78 is 0. The van der Waals surface area contributed by atoms with E-state index in [0.29, 0.717) is 0 Å². The fraction of sp³-hybridized carbons (Fsp3) is 0.875. The second kappa shape index (κ2) is 6.16. The number of unbranched alkanes of at least 4 members (excludes halogenated alkanes) is 1. The highest BCUT2D eigenvalue weighted by Crippen LogP contribution is 1.98. The van der Waals surface area contributed by atoms with E-state index >= 15 is 0 Å². The molecule has 11 heavy (non-hydrogen) atoms. The van der Waals surface area contributed by atoms with Gasteiger partial charge in [-0.2, -0.15) is 0 Å². The molecule has 66 valence electrons. The van der Waals surface area contributed by atoms with Crippen LogP contribution in [0, 0.1) is 0 Å². The molecule has 0 unspecified atom stereocenters. The molecule has 0 aromatic rings. The zero-order chi connectivity index (χ0) is 8.69. The van der Waals surface area contributed by atoms with Gasteiger partial charge in [0.1, 0.15) is 0 Å². The van der Waals surface area contributed by atoms with Gasteiger partial charge < -0.3 is 11.1 Å². The zero-order valence-corrected chi connectivity index (χ0v) is 7.39. The van der Waals surface area contributed by atoms with Crippen molar-refractivity contribution in [2.45, 2.75) is 39.2 Å². The zero-order valence-electron chi connectivity index (χ0n) is 7.39. The Kier molecular flexibility index (Phi) is 5.84. The average Bonchev–Trinajstić information content (AvgIpc) is 2.00. The van der Waals surface area contributed by atoms with E-state index in [1.54, 1.807) is 0 Å². The quantitative estimate of drug-likeness (QED) is 0.617. The molecule has 0 bridgehead atoms. The first kappa shape index (κ1) is 10.4. The summed E-state index contributed by atoms with van der Waals surface area (Å²) in [6.45, 7) is 4.23. The summed E-state index contributed by atoms with van der Waals surface area (Å²) in [7, 11) is 0. The van der Waals surface area contributed by atoms with Crippen LogP contribution in [-0.2, 0) is 4.79 Å². The number of nitrogens with two attached hydrogens (primary N) is 1. The van der Waals surface area contributed by atoms with Crippen LogP contribution in [0.4, 0.5) is 0 Å². The molecule has 0 aliphatic heterocycles. The second-order valence-electron chi connectivity index (χ2n) is 2.81. The number of carbonyl (C=O) groups excluding carboxylic acids is 1. The third-order valence-corrected chi connectivity index (χ3v) is 1.58. The predicted molar refractivity (Wildman–Crippen MR) is 46.2 cm³/mol. The molecule has 0 aliphatic carbocycles. The lowest BCUT2D eigenvalue weighted by Gasteiger charge is -2.11. The monoisotopic (exact) mass is 158 g/mol. The van der Waals surface area contributed by atoms with Gasteiger partial charge in [0, 0.05) is 6.04 Å². The van der Waals surface area contributed by atoms with Crippen LogP contribution in [-0.4, -0.2) is 18.5 Å². The summed E-state index contributed by atoms with van der Waals surface area (Å²) in [5, 5.41) is 2.80. The van der Waals surface area contributed by atoms with Gasteiger partial charge in [-0.15, -0.1) is 0 Å². The van der Waals surface area contributed by atoms with Gasteiger partial charge in [0.05, 0.1) is 6.54 Å². The minimum absolute atomic E-state index is 0.0615. The molecule has 0 rings (SSSR count). The number of amides is 1. The van der Waals surface area contributed by atoms with E-state index in [4.69, 9.17) is 5.73 Å². The molecule has 3 nitrogen and oxygen atoms in total. The molecule has 0 radical (unpaired) electrons. The van der Waals surface area contributed by atoms with Crippen molar-refractivity contribution in [1.82, 2.24) is 5.32 Å². The molecule has 3 heteroatoms. The van der Waals surface area contributed by atoms with Crippen molar-refractivity contribution in [3.8, 4) is 0 Å². The third-order valence-electron chi connectivity index (χ3n) is 1.58. The molecule has 0 fully saturated rings. The van der Waals surface area contributed by atoms with Crippen molar-refractivity contribution in [3.63, 3.8) is 0 Å². The number of nitrogens with one attached hydrogen (secondary N) is 1. The molecule has 3 N–H and O–H groups in total. The summed E-state index contributed by atoms with van der Waals surface area (Å²) in [6.07, 6.45) is 3.37. The normalized spacial score (nSPS) is 12.6. The van der Waals surface area contributed by atoms with Gasteiger partial charge in [0.2, 0.25) is 5.91 Å². The maximum atomic E-state index is 10.7. The summed E-state index contributed by atoms with van der Waals surface area (Å²) in [4.78, 5) is 10.7. The molecule has 1 amide bonds. The van der Waals surface area contributed by atoms with Crippen LogP contribution in [0.3, 0.4) is 0 Å². The van der Waals surface area contributed by atoms with E-state index in [2.05, 4.69) is 12.2 Å². The van der Waals surface area contributed by atoms with E-state index < -0.39 is 0 Å². The second-order valence-corrected chi connectivity index (χ2v) is 2.81. The lowest BCUT2D eigenvalue weighted by atomic mass is 10.1. The van der Waals surface area contributed by atoms with Crippen molar-refractivity contribution < 1.29 is 4.79 Å². The molecule has 0 aliphatic rings. The Hall–Kier alpha value is -0.570. The van der Waals surface area contributed by atoms with Gasteiger partial charge in [0.25, 0.3) is 0 Å². The molecule has 0 saturated carbocycles. The van der Waals surface area contributed by atoms with E-state index in [0.717, 1.165) is 12.8 Å². The van der Waals surface area contributed by atoms with Crippen molar-refractivity contribution in [3.05, 3.63) is 0 Å². The first-order valence-electron chi connectivity index (χ1n) is 4.20. The largest absolute Gasteiger partial charge is 0.353 e. The lowest BCUT2D eigenvalue weighted by molar-refractivity contribution is -0.120. The van der Waals surface area contributed by atoms with Gasteiger partial charge in [-0.1, -0.05) is 19.8 Å². The maximum Gasteiger partial charge on any atom is 0.233 e. The van der Waals surface area contributed by atoms with Gasteiger partial charge in [-0.05, 0) is 13.3 Å². The molecule has 0 saturated heterocycles. The summed E-state index contributed by atoms with van der Waals surface area (Å²) in [5.74, 6) is -0.0615. The number of hydrogen-bond acceptors (Lipinski definition) is 2. The van der Waals surface area contributed by atoms with Gasteiger partial charge >= 0.3 is 0 Å². The molecular formula is C8H18N2O. The van der Waals surface area contributed by atoms with Crippen molar-refractivity contribution in [1.29, 1.82) is 0 Å². The van der Waals surface area contributed by atoms with Crippen LogP contribution in [0.5, 0.6) is 0 Å². The highest BCUT2D eigenvalue weighted by atomic mass is 16.1. The van der Waals surface area contributed by atoms with Crippen molar-refractivity contribution >= 4 is 5.91 Å². The number of rotatable bonds is 5. The number of hydrogen-bond donors (Lipinski definition) is 2. The summed E-state index contributed by atoms with van der Waals surface area (Å²) in [6, 6.07) is 0.269. The fourth-order valence-corrected chi connectivity index (χ4v) is 0.916. The third kappa shape index (κ3) is 5.85. The Balaban J connectivity index is 3.35. The van der Waals surface area contributed by atoms with Crippen LogP contribution in [0.15, 0.2) is 0 Å². The van der Waals surface area contributed by atoms with Crippen molar-refractivity contribution in [2.75, 3.05) is 6.54 Å². The minimum Gasteiger partial charge on any atom is -0.353 e. The summed E-state index contributed by atoms with van der Waals surface area (Å²) >= 11 is 0. The predicted octanol–water partition coefficient (Wildman–Crippen LogP) is 0.640. The Morgan fingerprint density at radius 1 is 1.64 bits per heavy atom. The maximum absolute atomic E-state index is 10.7. The molecule has 1 atom stereocenters. The topological polar surface area (TPSA) is 55.1 Å². The average molecular weight is 158 g/mol. The van der Waals surface area contributed by atoms with E-state index in [-0.39, 0.29) is 18.5 Å². The van der Waals surface area contributed by atoms with Crippen LogP contribution in [0.25, 0.3) is 0 Å². The molecule has 0 aromatic heterocycles. The SMILES string of the molecule is CCCC[C@@H](C)NC(=O)CN. The first-order chi connectivity index (χ1) is 5.20. The highest BCUT2D eigenvalue weighted by Gasteiger charge is 2.03. The van der Waals surface area contributed by atoms with Crippen LogP contribution in [0.1, 0.15) is 33.1 Å². The lowest BCUT2D eigenvalue weighted by Crippen LogP contribution is -2.36. The Labute approximate surface area is 68.3 Å². The van der Waals surface area contributed by atoms with Gasteiger partial charge in [-0.25, -0.2) is 0 Å². The molecule has 0 heterocycles. The smallest absolute Gasteiger partial charge is 0.233 e. The van der Waals surface area contributed by atoms with Crippen molar-refractivity contribution in [2.24, 2.45) is 5.73 Å². The van der Waals surface area contributed by atoms with Crippen LogP contribution >= 0.6 is 0 Å². The van der Waals surface area contributed by atoms with E-state index in [9.17, 15) is 4.79 Å². The summed E-state index contributed by atoms with van der Waals surface area (Å²) in [5.41, 5.74) is 5.14. The first-order valence-corrected chi connectivity index (χ1v) is 4.20. The number of carbonyl (C=O) groups is 1. The molecule has 0 aromatic carbocycles. The van der Waals surface area contributed by atoms with Crippen LogP contribution in [0.2, 0.25) is 0 Å². The minimum atomic E-state index is -0.0615. The Morgan fingerprint density at radius 2 is 2.27 bits per heavy atom. The Morgan fingerprint density at radius 3 is 2.73 bits per heavy atom. The standard InChI is InChI=1S/C8H18N2O/c1-3-4-5-7(2)10-8(11)6-9/h7H,3-6,9H2,1-2H3,(H,10,11)/t7-/m1/s1. The van der Waals surface area contributed by atoms with E-state index in [1.807, 2.05) is 6.92 Å². The van der Waals surface area contributed by atoms with Gasteiger partial charge in [0.15, 0.2) is 0 Å². The molecular weight excluding hydrogens is 140 g/mol. The fourth-order valence-electron chi connectivity index (χ4n) is 0.916. The highest BCUT2D eigenvalue weighted by molar-refractivity contribution is 5.77. The van der Waals surface area contributed by atoms with Gasteiger partial charge in [-0.3, -0.25) is 4.79 Å². The van der Waals surface area contributed by atoms with E-state index in [1.165, 1.54) is 6.42 Å². The Bertz CT molecular complexity index is 115.